The quantitative estimate of drug-likeness (QED) is 0.767. The fourth-order valence-electron chi connectivity index (χ4n) is 3.84. The standard InChI is InChI=1S/C20H22N4O6/c1-28-18(25)21-10-15-11-23(19(26)30-15)14-6-7-16-12(8-14)4-3-5-13-9-22-24(17(13)16)20(27)29-2/h6-9,15H,3-5,10-11H2,1-2H3,(H,21,25). The molecule has 2 aromatic rings. The molecule has 1 atom stereocenters. The first-order valence-corrected chi connectivity index (χ1v) is 9.60. The third-order valence-corrected chi connectivity index (χ3v) is 5.27. The molecule has 2 aliphatic rings. The van der Waals surface area contributed by atoms with E-state index in [1.807, 2.05) is 18.2 Å². The minimum absolute atomic E-state index is 0.168. The molecule has 4 rings (SSSR count). The number of benzene rings is 1. The van der Waals surface area contributed by atoms with Gasteiger partial charge < -0.3 is 19.5 Å². The van der Waals surface area contributed by atoms with Crippen molar-refractivity contribution < 1.29 is 28.6 Å². The van der Waals surface area contributed by atoms with Crippen LogP contribution in [0, 0.1) is 0 Å². The Balaban J connectivity index is 1.60. The highest BCUT2D eigenvalue weighted by Crippen LogP contribution is 2.35. The van der Waals surface area contributed by atoms with Crippen LogP contribution < -0.4 is 10.2 Å². The second-order valence-corrected chi connectivity index (χ2v) is 7.08. The van der Waals surface area contributed by atoms with Crippen LogP contribution in [-0.4, -0.2) is 61.5 Å². The lowest BCUT2D eigenvalue weighted by atomic mass is 10.0. The van der Waals surface area contributed by atoms with E-state index in [0.29, 0.717) is 12.2 Å². The maximum atomic E-state index is 12.4. The van der Waals surface area contributed by atoms with Crippen LogP contribution in [-0.2, 0) is 27.1 Å². The molecule has 0 saturated carbocycles. The first-order valence-electron chi connectivity index (χ1n) is 9.60. The molecule has 1 fully saturated rings. The summed E-state index contributed by atoms with van der Waals surface area (Å²) in [4.78, 5) is 37.3. The van der Waals surface area contributed by atoms with Gasteiger partial charge in [-0.25, -0.2) is 14.4 Å². The van der Waals surface area contributed by atoms with Gasteiger partial charge in [-0.2, -0.15) is 9.78 Å². The van der Waals surface area contributed by atoms with Gasteiger partial charge in [0.05, 0.1) is 39.2 Å². The molecule has 1 unspecified atom stereocenters. The zero-order valence-electron chi connectivity index (χ0n) is 16.7. The molecule has 1 saturated heterocycles. The number of fused-ring (bicyclic) bond motifs is 3. The summed E-state index contributed by atoms with van der Waals surface area (Å²) in [7, 11) is 2.59. The van der Waals surface area contributed by atoms with Crippen molar-refractivity contribution in [1.82, 2.24) is 15.1 Å². The number of anilines is 1. The number of amides is 2. The van der Waals surface area contributed by atoms with Crippen molar-refractivity contribution in [2.24, 2.45) is 0 Å². The molecule has 2 heterocycles. The summed E-state index contributed by atoms with van der Waals surface area (Å²) in [5.74, 6) is 0. The third kappa shape index (κ3) is 3.56. The van der Waals surface area contributed by atoms with Gasteiger partial charge in [0.15, 0.2) is 0 Å². The van der Waals surface area contributed by atoms with Crippen molar-refractivity contribution in [3.8, 4) is 11.3 Å². The summed E-state index contributed by atoms with van der Waals surface area (Å²) < 4.78 is 16.0. The van der Waals surface area contributed by atoms with E-state index in [-0.39, 0.29) is 6.54 Å². The van der Waals surface area contributed by atoms with Gasteiger partial charge in [-0.3, -0.25) is 4.90 Å². The van der Waals surface area contributed by atoms with Crippen LogP contribution in [0.3, 0.4) is 0 Å². The summed E-state index contributed by atoms with van der Waals surface area (Å²) in [6.07, 6.45) is 2.13. The van der Waals surface area contributed by atoms with E-state index >= 15 is 0 Å². The smallest absolute Gasteiger partial charge is 0.434 e. The number of rotatable bonds is 3. The molecular weight excluding hydrogens is 392 g/mol. The Labute approximate surface area is 172 Å². The predicted octanol–water partition coefficient (Wildman–Crippen LogP) is 2.33. The highest BCUT2D eigenvalue weighted by molar-refractivity contribution is 5.91. The van der Waals surface area contributed by atoms with Gasteiger partial charge in [0.2, 0.25) is 0 Å². The van der Waals surface area contributed by atoms with Crippen molar-refractivity contribution >= 4 is 24.0 Å². The molecule has 1 N–H and O–H groups in total. The van der Waals surface area contributed by atoms with Crippen LogP contribution in [0.4, 0.5) is 20.1 Å². The average Bonchev–Trinajstić information content (AvgIpc) is 3.29. The highest BCUT2D eigenvalue weighted by Gasteiger charge is 2.33. The van der Waals surface area contributed by atoms with E-state index in [9.17, 15) is 14.4 Å². The molecule has 2 amide bonds. The number of nitrogens with one attached hydrogen (secondary N) is 1. The van der Waals surface area contributed by atoms with E-state index < -0.39 is 24.4 Å². The van der Waals surface area contributed by atoms with Gasteiger partial charge in [-0.1, -0.05) is 6.07 Å². The van der Waals surface area contributed by atoms with Gasteiger partial charge in [0, 0.05) is 11.3 Å². The third-order valence-electron chi connectivity index (χ3n) is 5.27. The van der Waals surface area contributed by atoms with Gasteiger partial charge in [-0.15, -0.1) is 0 Å². The number of aromatic nitrogens is 2. The molecule has 30 heavy (non-hydrogen) atoms. The molecule has 1 aliphatic carbocycles. The maximum absolute atomic E-state index is 12.4. The van der Waals surface area contributed by atoms with Gasteiger partial charge in [-0.05, 0) is 42.5 Å². The Hall–Kier alpha value is -3.56. The number of carbonyl (C=O) groups is 3. The van der Waals surface area contributed by atoms with Crippen LogP contribution in [0.2, 0.25) is 0 Å². The summed E-state index contributed by atoms with van der Waals surface area (Å²) in [5, 5.41) is 6.72. The Morgan fingerprint density at radius 3 is 2.80 bits per heavy atom. The normalized spacial score (nSPS) is 17.5. The van der Waals surface area contributed by atoms with Crippen molar-refractivity contribution in [3.63, 3.8) is 0 Å². The Morgan fingerprint density at radius 2 is 2.03 bits per heavy atom. The molecule has 1 aromatic heterocycles. The second kappa shape index (κ2) is 8.05. The number of carbonyl (C=O) groups excluding carboxylic acids is 3. The van der Waals surface area contributed by atoms with Crippen LogP contribution >= 0.6 is 0 Å². The SMILES string of the molecule is COC(=O)NCC1CN(c2ccc3c(c2)CCCc2cnn(C(=O)OC)c2-3)C(=O)O1. The Morgan fingerprint density at radius 1 is 1.23 bits per heavy atom. The Kier molecular flexibility index (Phi) is 5.30. The van der Waals surface area contributed by atoms with Crippen molar-refractivity contribution in [2.75, 3.05) is 32.2 Å². The summed E-state index contributed by atoms with van der Waals surface area (Å²) in [5.41, 5.74) is 4.32. The maximum Gasteiger partial charge on any atom is 0.434 e. The fraction of sp³-hybridized carbons (Fsp3) is 0.400. The number of nitrogens with zero attached hydrogens (tertiary/aromatic N) is 3. The zero-order chi connectivity index (χ0) is 21.3. The van der Waals surface area contributed by atoms with E-state index in [0.717, 1.165) is 41.6 Å². The van der Waals surface area contributed by atoms with E-state index in [1.54, 1.807) is 6.20 Å². The lowest BCUT2D eigenvalue weighted by Crippen LogP contribution is -2.34. The fourth-order valence-corrected chi connectivity index (χ4v) is 3.84. The molecule has 1 aliphatic heterocycles. The predicted molar refractivity (Wildman–Crippen MR) is 106 cm³/mol. The number of hydrogen-bond acceptors (Lipinski definition) is 7. The van der Waals surface area contributed by atoms with Gasteiger partial charge in [0.25, 0.3) is 0 Å². The van der Waals surface area contributed by atoms with E-state index in [4.69, 9.17) is 9.47 Å². The Bertz CT molecular complexity index is 1000. The van der Waals surface area contributed by atoms with Gasteiger partial charge in [0.1, 0.15) is 6.10 Å². The number of aryl methyl sites for hydroxylation is 2. The molecule has 1 aromatic carbocycles. The number of hydrogen-bond donors (Lipinski definition) is 1. The minimum Gasteiger partial charge on any atom is -0.453 e. The molecule has 10 nitrogen and oxygen atoms in total. The van der Waals surface area contributed by atoms with Crippen LogP contribution in [0.5, 0.6) is 0 Å². The lowest BCUT2D eigenvalue weighted by molar-refractivity contribution is 0.132. The first-order chi connectivity index (χ1) is 14.5. The lowest BCUT2D eigenvalue weighted by Gasteiger charge is -2.17. The zero-order valence-corrected chi connectivity index (χ0v) is 16.7. The van der Waals surface area contributed by atoms with Crippen molar-refractivity contribution in [2.45, 2.75) is 25.4 Å². The van der Waals surface area contributed by atoms with Crippen LogP contribution in [0.25, 0.3) is 11.3 Å². The number of alkyl carbamates (subject to hydrolysis) is 1. The first kappa shape index (κ1) is 19.7. The summed E-state index contributed by atoms with van der Waals surface area (Å²) in [6.45, 7) is 0.481. The monoisotopic (exact) mass is 414 g/mol. The minimum atomic E-state index is -0.576. The molecule has 158 valence electrons. The summed E-state index contributed by atoms with van der Waals surface area (Å²) in [6, 6.07) is 5.65. The molecule has 0 spiro atoms. The average molecular weight is 414 g/mol. The molecule has 0 bridgehead atoms. The van der Waals surface area contributed by atoms with Crippen LogP contribution in [0.15, 0.2) is 24.4 Å². The second-order valence-electron chi connectivity index (χ2n) is 7.08. The van der Waals surface area contributed by atoms with Crippen molar-refractivity contribution in [3.05, 3.63) is 35.5 Å². The molecule has 0 radical (unpaired) electrons. The topological polar surface area (TPSA) is 112 Å². The number of cyclic esters (lactones) is 1. The molecule has 10 heteroatoms. The largest absolute Gasteiger partial charge is 0.453 e. The van der Waals surface area contributed by atoms with E-state index in [2.05, 4.69) is 15.2 Å². The highest BCUT2D eigenvalue weighted by atomic mass is 16.6. The number of ether oxygens (including phenoxy) is 3. The number of methoxy groups -OCH3 is 2. The van der Waals surface area contributed by atoms with E-state index in [1.165, 1.54) is 23.8 Å². The molecular formula is C20H22N4O6. The summed E-state index contributed by atoms with van der Waals surface area (Å²) >= 11 is 0. The van der Waals surface area contributed by atoms with Gasteiger partial charge >= 0.3 is 18.3 Å². The van der Waals surface area contributed by atoms with Crippen molar-refractivity contribution in [1.29, 1.82) is 0 Å². The van der Waals surface area contributed by atoms with Crippen LogP contribution in [0.1, 0.15) is 17.5 Å².